The number of pyridine rings is 1. The average molecular weight is 158 g/mol. The highest BCUT2D eigenvalue weighted by Crippen LogP contribution is 2.05. The Kier molecular flexibility index (Phi) is 1.67. The molecule has 60 valence electrons. The zero-order valence-corrected chi connectivity index (χ0v) is 6.77. The van der Waals surface area contributed by atoms with Gasteiger partial charge in [-0.1, -0.05) is 12.1 Å². The zero-order valence-electron chi connectivity index (χ0n) is 6.77. The molecule has 0 radical (unpaired) electrons. The highest BCUT2D eigenvalue weighted by Gasteiger charge is 1.93. The van der Waals surface area contributed by atoms with Crippen LogP contribution in [0.5, 0.6) is 0 Å². The molecule has 0 unspecified atom stereocenters. The van der Waals surface area contributed by atoms with Gasteiger partial charge in [-0.25, -0.2) is 4.98 Å². The second-order valence-corrected chi connectivity index (χ2v) is 2.72. The van der Waals surface area contributed by atoms with Crippen molar-refractivity contribution < 1.29 is 0 Å². The van der Waals surface area contributed by atoms with Crippen LogP contribution in [0.3, 0.4) is 0 Å². The molecule has 0 N–H and O–H groups in total. The Hall–Kier alpha value is -1.57. The van der Waals surface area contributed by atoms with Crippen LogP contribution < -0.4 is 0 Å². The molecule has 0 bridgehead atoms. The molecule has 0 saturated heterocycles. The van der Waals surface area contributed by atoms with Gasteiger partial charge in [-0.05, 0) is 18.1 Å². The van der Waals surface area contributed by atoms with E-state index in [1.807, 2.05) is 22.7 Å². The van der Waals surface area contributed by atoms with Crippen molar-refractivity contribution in [1.82, 2.24) is 9.38 Å². The zero-order chi connectivity index (χ0) is 8.39. The van der Waals surface area contributed by atoms with Crippen molar-refractivity contribution in [3.63, 3.8) is 0 Å². The summed E-state index contributed by atoms with van der Waals surface area (Å²) >= 11 is 0. The first-order valence-electron chi connectivity index (χ1n) is 3.92. The Balaban J connectivity index is 2.52. The molecule has 0 amide bonds. The molecule has 0 fully saturated rings. The van der Waals surface area contributed by atoms with Crippen molar-refractivity contribution in [3.05, 3.63) is 48.9 Å². The second-order valence-electron chi connectivity index (χ2n) is 2.72. The summed E-state index contributed by atoms with van der Waals surface area (Å²) in [7, 11) is 0. The van der Waals surface area contributed by atoms with E-state index in [0.717, 1.165) is 12.1 Å². The van der Waals surface area contributed by atoms with Crippen LogP contribution >= 0.6 is 0 Å². The van der Waals surface area contributed by atoms with Crippen molar-refractivity contribution in [2.45, 2.75) is 6.42 Å². The number of hydrogen-bond donors (Lipinski definition) is 0. The molecule has 0 saturated carbocycles. The van der Waals surface area contributed by atoms with Gasteiger partial charge in [0, 0.05) is 18.6 Å². The van der Waals surface area contributed by atoms with Gasteiger partial charge < -0.3 is 4.40 Å². The van der Waals surface area contributed by atoms with Crippen molar-refractivity contribution >= 4 is 5.65 Å². The van der Waals surface area contributed by atoms with Gasteiger partial charge in [0.25, 0.3) is 0 Å². The van der Waals surface area contributed by atoms with Crippen LogP contribution in [0.1, 0.15) is 5.56 Å². The number of allylic oxidation sites excluding steroid dienone is 1. The Bertz CT molecular complexity index is 401. The van der Waals surface area contributed by atoms with Crippen molar-refractivity contribution in [2.75, 3.05) is 0 Å². The Morgan fingerprint density at radius 1 is 1.50 bits per heavy atom. The van der Waals surface area contributed by atoms with E-state index < -0.39 is 0 Å². The molecule has 2 heteroatoms. The van der Waals surface area contributed by atoms with E-state index >= 15 is 0 Å². The fraction of sp³-hybridized carbons (Fsp3) is 0.100. The van der Waals surface area contributed by atoms with Crippen molar-refractivity contribution in [3.8, 4) is 0 Å². The maximum absolute atomic E-state index is 4.16. The van der Waals surface area contributed by atoms with Gasteiger partial charge in [0.05, 0.1) is 0 Å². The number of hydrogen-bond acceptors (Lipinski definition) is 1. The molecule has 12 heavy (non-hydrogen) atoms. The van der Waals surface area contributed by atoms with E-state index in [1.54, 1.807) is 6.20 Å². The third kappa shape index (κ3) is 1.11. The van der Waals surface area contributed by atoms with E-state index in [0.29, 0.717) is 0 Å². The fourth-order valence-corrected chi connectivity index (χ4v) is 1.25. The minimum absolute atomic E-state index is 0.911. The second kappa shape index (κ2) is 2.81. The molecule has 2 aromatic rings. The first-order chi connectivity index (χ1) is 5.90. The molecular weight excluding hydrogens is 148 g/mol. The van der Waals surface area contributed by atoms with E-state index in [-0.39, 0.29) is 0 Å². The largest absolute Gasteiger partial charge is 0.307 e. The summed E-state index contributed by atoms with van der Waals surface area (Å²) < 4.78 is 2.01. The van der Waals surface area contributed by atoms with Gasteiger partial charge in [0.1, 0.15) is 5.65 Å². The van der Waals surface area contributed by atoms with E-state index in [1.165, 1.54) is 5.56 Å². The van der Waals surface area contributed by atoms with Gasteiger partial charge in [-0.3, -0.25) is 0 Å². The van der Waals surface area contributed by atoms with E-state index in [2.05, 4.69) is 23.8 Å². The highest BCUT2D eigenvalue weighted by molar-refractivity contribution is 5.39. The maximum Gasteiger partial charge on any atom is 0.136 e. The summed E-state index contributed by atoms with van der Waals surface area (Å²) in [5, 5.41) is 0. The highest BCUT2D eigenvalue weighted by atomic mass is 15.0. The maximum atomic E-state index is 4.16. The molecule has 2 heterocycles. The lowest BCUT2D eigenvalue weighted by atomic mass is 10.2. The monoisotopic (exact) mass is 158 g/mol. The first-order valence-corrected chi connectivity index (χ1v) is 3.92. The summed E-state index contributed by atoms with van der Waals surface area (Å²) in [6, 6.07) is 4.09. The van der Waals surface area contributed by atoms with Crippen LogP contribution in [0.4, 0.5) is 0 Å². The normalized spacial score (nSPS) is 10.3. The van der Waals surface area contributed by atoms with Gasteiger partial charge in [-0.15, -0.1) is 6.58 Å². The number of imidazole rings is 1. The minimum atomic E-state index is 0.911. The SMILES string of the molecule is C=CCc1ccc2nccn2c1. The summed E-state index contributed by atoms with van der Waals surface area (Å²) in [5.41, 5.74) is 2.25. The Morgan fingerprint density at radius 3 is 3.25 bits per heavy atom. The van der Waals surface area contributed by atoms with Crippen LogP contribution in [0.15, 0.2) is 43.4 Å². The molecule has 0 aliphatic heterocycles. The quantitative estimate of drug-likeness (QED) is 0.611. The molecule has 0 aromatic carbocycles. The molecule has 0 aliphatic rings. The average Bonchev–Trinajstić information content (AvgIpc) is 2.51. The summed E-state index contributed by atoms with van der Waals surface area (Å²) in [4.78, 5) is 4.16. The molecule has 2 nitrogen and oxygen atoms in total. The van der Waals surface area contributed by atoms with Crippen molar-refractivity contribution in [2.24, 2.45) is 0 Å². The Labute approximate surface area is 71.2 Å². The predicted molar refractivity (Wildman–Crippen MR) is 49.1 cm³/mol. The molecule has 0 atom stereocenters. The van der Waals surface area contributed by atoms with E-state index in [4.69, 9.17) is 0 Å². The van der Waals surface area contributed by atoms with Crippen LogP contribution in [-0.4, -0.2) is 9.38 Å². The third-order valence-corrected chi connectivity index (χ3v) is 1.83. The number of fused-ring (bicyclic) bond motifs is 1. The van der Waals surface area contributed by atoms with Gasteiger partial charge in [0.2, 0.25) is 0 Å². The summed E-state index contributed by atoms with van der Waals surface area (Å²) in [6.07, 6.45) is 8.63. The smallest absolute Gasteiger partial charge is 0.136 e. The van der Waals surface area contributed by atoms with Gasteiger partial charge in [0.15, 0.2) is 0 Å². The van der Waals surface area contributed by atoms with Crippen LogP contribution in [0, 0.1) is 0 Å². The fourth-order valence-electron chi connectivity index (χ4n) is 1.25. The van der Waals surface area contributed by atoms with Crippen LogP contribution in [0.2, 0.25) is 0 Å². The third-order valence-electron chi connectivity index (χ3n) is 1.83. The number of nitrogens with zero attached hydrogens (tertiary/aromatic N) is 2. The van der Waals surface area contributed by atoms with Crippen LogP contribution in [-0.2, 0) is 6.42 Å². The Morgan fingerprint density at radius 2 is 2.42 bits per heavy atom. The molecule has 0 aliphatic carbocycles. The number of aromatic nitrogens is 2. The molecule has 0 spiro atoms. The first kappa shape index (κ1) is 7.10. The van der Waals surface area contributed by atoms with E-state index in [9.17, 15) is 0 Å². The lowest BCUT2D eigenvalue weighted by Crippen LogP contribution is -1.87. The van der Waals surface area contributed by atoms with Gasteiger partial charge >= 0.3 is 0 Å². The number of rotatable bonds is 2. The van der Waals surface area contributed by atoms with Gasteiger partial charge in [-0.2, -0.15) is 0 Å². The molecule has 2 aromatic heterocycles. The lowest BCUT2D eigenvalue weighted by Gasteiger charge is -1.97. The lowest BCUT2D eigenvalue weighted by molar-refractivity contribution is 1.12. The summed E-state index contributed by atoms with van der Waals surface area (Å²) in [6.45, 7) is 3.70. The topological polar surface area (TPSA) is 17.3 Å². The summed E-state index contributed by atoms with van der Waals surface area (Å²) in [5.74, 6) is 0. The standard InChI is InChI=1S/C10H10N2/c1-2-3-9-4-5-10-11-6-7-12(10)8-9/h2,4-8H,1,3H2. The van der Waals surface area contributed by atoms with Crippen LogP contribution in [0.25, 0.3) is 5.65 Å². The predicted octanol–water partition coefficient (Wildman–Crippen LogP) is 2.06. The minimum Gasteiger partial charge on any atom is -0.307 e. The molecule has 2 rings (SSSR count). The van der Waals surface area contributed by atoms with Crippen molar-refractivity contribution in [1.29, 1.82) is 0 Å². The molecular formula is C10H10N2.